The smallest absolute Gasteiger partial charge is 0.410 e. The monoisotopic (exact) mass is 291 g/mol. The Balaban J connectivity index is 0.00000141. The van der Waals surface area contributed by atoms with Crippen molar-refractivity contribution in [3.8, 4) is 5.75 Å². The topological polar surface area (TPSA) is 38.3 Å². The van der Waals surface area contributed by atoms with Gasteiger partial charge in [-0.25, -0.2) is 4.79 Å². The fourth-order valence-corrected chi connectivity index (χ4v) is 2.47. The second-order valence-corrected chi connectivity index (χ2v) is 5.59. The molecule has 1 aliphatic carbocycles. The molecular weight excluding hydrogens is 262 g/mol. The molecular formula is C18H29NO2. The lowest BCUT2D eigenvalue weighted by Gasteiger charge is -2.22. The number of amides is 1. The van der Waals surface area contributed by atoms with Crippen molar-refractivity contribution in [2.24, 2.45) is 0 Å². The molecule has 0 heterocycles. The number of hydrogen-bond acceptors (Lipinski definition) is 2. The molecule has 3 nitrogen and oxygen atoms in total. The number of benzene rings is 1. The predicted octanol–water partition coefficient (Wildman–Crippen LogP) is 5.28. The van der Waals surface area contributed by atoms with Crippen LogP contribution in [0.3, 0.4) is 0 Å². The molecule has 118 valence electrons. The average molecular weight is 291 g/mol. The van der Waals surface area contributed by atoms with Crippen molar-refractivity contribution in [3.63, 3.8) is 0 Å². The number of carbonyl (C=O) groups excluding carboxylic acids is 1. The van der Waals surface area contributed by atoms with E-state index >= 15 is 0 Å². The van der Waals surface area contributed by atoms with E-state index in [0.29, 0.717) is 11.7 Å². The summed E-state index contributed by atoms with van der Waals surface area (Å²) in [5, 5.41) is 2.94. The van der Waals surface area contributed by atoms with Crippen molar-refractivity contribution in [1.29, 1.82) is 0 Å². The minimum absolute atomic E-state index is 0. The van der Waals surface area contributed by atoms with Gasteiger partial charge in [-0.15, -0.1) is 13.2 Å². The maximum atomic E-state index is 11.8. The third kappa shape index (κ3) is 6.03. The molecule has 0 aromatic heterocycles. The van der Waals surface area contributed by atoms with E-state index in [1.807, 2.05) is 24.3 Å². The minimum Gasteiger partial charge on any atom is -0.410 e. The van der Waals surface area contributed by atoms with E-state index in [1.54, 1.807) is 0 Å². The zero-order valence-corrected chi connectivity index (χ0v) is 13.2. The molecule has 1 aromatic rings. The first kappa shape index (κ1) is 17.3. The third-order valence-electron chi connectivity index (χ3n) is 3.68. The number of rotatable bonds is 3. The minimum atomic E-state index is -0.329. The third-order valence-corrected chi connectivity index (χ3v) is 3.68. The highest BCUT2D eigenvalue weighted by Gasteiger charge is 2.16. The maximum absolute atomic E-state index is 11.8. The van der Waals surface area contributed by atoms with Crippen molar-refractivity contribution < 1.29 is 11.0 Å². The summed E-state index contributed by atoms with van der Waals surface area (Å²) < 4.78 is 5.30. The number of ether oxygens (including phenoxy) is 1. The van der Waals surface area contributed by atoms with Crippen molar-refractivity contribution in [3.05, 3.63) is 43.0 Å². The fourth-order valence-electron chi connectivity index (χ4n) is 2.47. The highest BCUT2D eigenvalue weighted by molar-refractivity contribution is 5.70. The molecule has 0 bridgehead atoms. The van der Waals surface area contributed by atoms with Crippen LogP contribution in [0.25, 0.3) is 0 Å². The number of hydrogen-bond donors (Lipinski definition) is 1. The quantitative estimate of drug-likeness (QED) is 0.769. The standard InChI is InChI=1S/C16H23NO2.C2H4.H2/c1-12(2)13-8-10-15(11-9-13)19-16(18)17-14-6-4-3-5-7-14;1-2;/h8-12,14H,3-7H2,1-2H3,(H,17,18);1-2H2;1H. The zero-order chi connectivity index (χ0) is 15.7. The van der Waals surface area contributed by atoms with Crippen molar-refractivity contribution in [2.75, 3.05) is 0 Å². The van der Waals surface area contributed by atoms with Gasteiger partial charge in [0.05, 0.1) is 0 Å². The van der Waals surface area contributed by atoms with Crippen LogP contribution < -0.4 is 10.1 Å². The summed E-state index contributed by atoms with van der Waals surface area (Å²) in [4.78, 5) is 11.8. The van der Waals surface area contributed by atoms with E-state index in [9.17, 15) is 4.79 Å². The summed E-state index contributed by atoms with van der Waals surface area (Å²) in [6.07, 6.45) is 5.50. The molecule has 0 unspecified atom stereocenters. The molecule has 2 rings (SSSR count). The van der Waals surface area contributed by atoms with Crippen LogP contribution in [-0.4, -0.2) is 12.1 Å². The van der Waals surface area contributed by atoms with Gasteiger partial charge in [-0.1, -0.05) is 45.2 Å². The summed E-state index contributed by atoms with van der Waals surface area (Å²) in [5.74, 6) is 1.10. The molecule has 1 N–H and O–H groups in total. The van der Waals surface area contributed by atoms with E-state index < -0.39 is 0 Å². The molecule has 0 radical (unpaired) electrons. The van der Waals surface area contributed by atoms with Crippen LogP contribution in [0.5, 0.6) is 5.75 Å². The first-order chi connectivity index (χ1) is 10.1. The fraction of sp³-hybridized carbons (Fsp3) is 0.500. The Hall–Kier alpha value is -1.77. The first-order valence-electron chi connectivity index (χ1n) is 7.73. The van der Waals surface area contributed by atoms with Crippen LogP contribution in [0.15, 0.2) is 37.4 Å². The van der Waals surface area contributed by atoms with Crippen molar-refractivity contribution >= 4 is 6.09 Å². The summed E-state index contributed by atoms with van der Waals surface area (Å²) in [5.41, 5.74) is 1.25. The Kier molecular flexibility index (Phi) is 7.59. The molecule has 0 saturated heterocycles. The number of nitrogens with one attached hydrogen (secondary N) is 1. The molecule has 1 aliphatic rings. The van der Waals surface area contributed by atoms with Crippen LogP contribution in [0.4, 0.5) is 4.79 Å². The number of carbonyl (C=O) groups is 1. The Morgan fingerprint density at radius 1 is 1.19 bits per heavy atom. The zero-order valence-electron chi connectivity index (χ0n) is 13.2. The molecule has 0 atom stereocenters. The van der Waals surface area contributed by atoms with E-state index in [2.05, 4.69) is 32.3 Å². The predicted molar refractivity (Wildman–Crippen MR) is 89.9 cm³/mol. The lowest BCUT2D eigenvalue weighted by atomic mass is 9.96. The lowest BCUT2D eigenvalue weighted by molar-refractivity contribution is 0.192. The van der Waals surface area contributed by atoms with Gasteiger partial charge in [0.1, 0.15) is 5.75 Å². The second kappa shape index (κ2) is 9.22. The summed E-state index contributed by atoms with van der Waals surface area (Å²) >= 11 is 0. The largest absolute Gasteiger partial charge is 0.412 e. The van der Waals surface area contributed by atoms with E-state index in [4.69, 9.17) is 4.74 Å². The summed E-state index contributed by atoms with van der Waals surface area (Å²) in [7, 11) is 0. The van der Waals surface area contributed by atoms with Crippen molar-refractivity contribution in [1.82, 2.24) is 5.32 Å². The summed E-state index contributed by atoms with van der Waals surface area (Å²) in [6.45, 7) is 10.3. The Labute approximate surface area is 129 Å². The van der Waals surface area contributed by atoms with Crippen LogP contribution in [0.2, 0.25) is 0 Å². The highest BCUT2D eigenvalue weighted by atomic mass is 16.6. The first-order valence-corrected chi connectivity index (χ1v) is 7.73. The van der Waals surface area contributed by atoms with Gasteiger partial charge in [0.15, 0.2) is 0 Å². The van der Waals surface area contributed by atoms with Gasteiger partial charge >= 0.3 is 6.09 Å². The highest BCUT2D eigenvalue weighted by Crippen LogP contribution is 2.20. The van der Waals surface area contributed by atoms with Gasteiger partial charge in [0.2, 0.25) is 0 Å². The van der Waals surface area contributed by atoms with Gasteiger partial charge in [-0.05, 0) is 36.5 Å². The van der Waals surface area contributed by atoms with Crippen LogP contribution in [0.1, 0.15) is 58.9 Å². The second-order valence-electron chi connectivity index (χ2n) is 5.59. The molecule has 0 aliphatic heterocycles. The van der Waals surface area contributed by atoms with E-state index in [1.165, 1.54) is 24.8 Å². The SMILES string of the molecule is C=C.CC(C)c1ccc(OC(=O)NC2CCCCC2)cc1.[HH]. The molecule has 1 aromatic carbocycles. The average Bonchev–Trinajstić information content (AvgIpc) is 2.50. The summed E-state index contributed by atoms with van der Waals surface area (Å²) in [6, 6.07) is 8.02. The van der Waals surface area contributed by atoms with Crippen LogP contribution >= 0.6 is 0 Å². The van der Waals surface area contributed by atoms with Gasteiger partial charge in [-0.2, -0.15) is 0 Å². The van der Waals surface area contributed by atoms with Gasteiger partial charge in [0, 0.05) is 7.47 Å². The molecule has 3 heteroatoms. The van der Waals surface area contributed by atoms with Crippen LogP contribution in [0, 0.1) is 0 Å². The molecule has 1 saturated carbocycles. The van der Waals surface area contributed by atoms with Gasteiger partial charge < -0.3 is 10.1 Å². The van der Waals surface area contributed by atoms with Crippen molar-refractivity contribution in [2.45, 2.75) is 57.9 Å². The van der Waals surface area contributed by atoms with Gasteiger partial charge in [-0.3, -0.25) is 0 Å². The van der Waals surface area contributed by atoms with Crippen LogP contribution in [-0.2, 0) is 0 Å². The van der Waals surface area contributed by atoms with Gasteiger partial charge in [0.25, 0.3) is 0 Å². The lowest BCUT2D eigenvalue weighted by Crippen LogP contribution is -2.37. The van der Waals surface area contributed by atoms with E-state index in [-0.39, 0.29) is 13.6 Å². The molecule has 1 amide bonds. The molecule has 0 spiro atoms. The van der Waals surface area contributed by atoms with E-state index in [0.717, 1.165) is 12.8 Å². The Bertz CT molecular complexity index is 425. The Morgan fingerprint density at radius 3 is 2.29 bits per heavy atom. The molecule has 1 fully saturated rings. The molecule has 21 heavy (non-hydrogen) atoms. The maximum Gasteiger partial charge on any atom is 0.412 e. The normalized spacial score (nSPS) is 15.0. The Morgan fingerprint density at radius 2 is 1.76 bits per heavy atom.